The number of hydrogen-bond acceptors (Lipinski definition) is 2. The molecule has 0 bridgehead atoms. The molecule has 1 unspecified atom stereocenters. The van der Waals surface area contributed by atoms with Gasteiger partial charge in [0, 0.05) is 10.6 Å². The molecule has 0 spiro atoms. The Morgan fingerprint density at radius 2 is 1.35 bits per heavy atom. The summed E-state index contributed by atoms with van der Waals surface area (Å²) >= 11 is 0. The summed E-state index contributed by atoms with van der Waals surface area (Å²) in [5.74, 6) is 0.785. The van der Waals surface area contributed by atoms with Crippen LogP contribution < -0.4 is 15.3 Å². The van der Waals surface area contributed by atoms with Crippen molar-refractivity contribution in [3.8, 4) is 5.75 Å². The standard InChI is InChI=1S/C14H15O2P/c1-11-3-7-13(8-4-11)17(15)14-9-5-12(16-2)6-10-14/h3-10,17H,1-2H3. The maximum Gasteiger partial charge on any atom is 0.131 e. The monoisotopic (exact) mass is 246 g/mol. The number of aryl methyl sites for hydroxylation is 1. The van der Waals surface area contributed by atoms with Crippen LogP contribution in [-0.4, -0.2) is 7.11 Å². The average Bonchev–Trinajstić information content (AvgIpc) is 2.39. The molecule has 0 heterocycles. The second-order valence-electron chi connectivity index (χ2n) is 3.92. The number of rotatable bonds is 3. The SMILES string of the molecule is COc1ccc([PH](=O)c2ccc(C)cc2)cc1. The van der Waals surface area contributed by atoms with E-state index in [1.165, 1.54) is 5.56 Å². The molecule has 0 saturated carbocycles. The van der Waals surface area contributed by atoms with E-state index in [1.54, 1.807) is 7.11 Å². The Balaban J connectivity index is 2.27. The highest BCUT2D eigenvalue weighted by atomic mass is 31.1. The molecule has 0 N–H and O–H groups in total. The Kier molecular flexibility index (Phi) is 3.65. The molecular weight excluding hydrogens is 231 g/mol. The van der Waals surface area contributed by atoms with E-state index in [0.717, 1.165) is 16.4 Å². The first-order valence-corrected chi connectivity index (χ1v) is 6.87. The van der Waals surface area contributed by atoms with E-state index in [0.29, 0.717) is 0 Å². The second-order valence-corrected chi connectivity index (χ2v) is 5.74. The zero-order valence-electron chi connectivity index (χ0n) is 9.94. The van der Waals surface area contributed by atoms with Crippen molar-refractivity contribution in [2.75, 3.05) is 7.11 Å². The first-order valence-electron chi connectivity index (χ1n) is 5.46. The van der Waals surface area contributed by atoms with Gasteiger partial charge in [-0.25, -0.2) is 0 Å². The fourth-order valence-electron chi connectivity index (χ4n) is 1.61. The van der Waals surface area contributed by atoms with Crippen LogP contribution >= 0.6 is 7.80 Å². The number of ether oxygens (including phenoxy) is 1. The van der Waals surface area contributed by atoms with Gasteiger partial charge in [0.25, 0.3) is 0 Å². The van der Waals surface area contributed by atoms with Crippen molar-refractivity contribution in [2.45, 2.75) is 6.92 Å². The quantitative estimate of drug-likeness (QED) is 0.778. The first kappa shape index (κ1) is 11.9. The Bertz CT molecular complexity index is 515. The van der Waals surface area contributed by atoms with Gasteiger partial charge in [-0.1, -0.05) is 29.8 Å². The molecule has 2 aromatic rings. The minimum atomic E-state index is -1.89. The minimum absolute atomic E-state index is 0.785. The lowest BCUT2D eigenvalue weighted by molar-refractivity contribution is 0.415. The van der Waals surface area contributed by atoms with Crippen LogP contribution in [0.15, 0.2) is 48.5 Å². The predicted octanol–water partition coefficient (Wildman–Crippen LogP) is 2.51. The lowest BCUT2D eigenvalue weighted by atomic mass is 10.2. The van der Waals surface area contributed by atoms with Gasteiger partial charge in [-0.05, 0) is 31.2 Å². The van der Waals surface area contributed by atoms with Crippen molar-refractivity contribution in [3.05, 3.63) is 54.1 Å². The average molecular weight is 246 g/mol. The van der Waals surface area contributed by atoms with Gasteiger partial charge in [-0.15, -0.1) is 0 Å². The third-order valence-electron chi connectivity index (χ3n) is 2.67. The summed E-state index contributed by atoms with van der Waals surface area (Å²) in [5.41, 5.74) is 1.18. The molecule has 17 heavy (non-hydrogen) atoms. The Hall–Kier alpha value is -1.53. The second kappa shape index (κ2) is 5.20. The molecule has 3 heteroatoms. The highest BCUT2D eigenvalue weighted by molar-refractivity contribution is 7.61. The van der Waals surface area contributed by atoms with Gasteiger partial charge in [0.05, 0.1) is 7.11 Å². The largest absolute Gasteiger partial charge is 0.497 e. The molecule has 0 radical (unpaired) electrons. The van der Waals surface area contributed by atoms with Crippen molar-refractivity contribution in [1.29, 1.82) is 0 Å². The van der Waals surface area contributed by atoms with Crippen LogP contribution in [0.25, 0.3) is 0 Å². The number of benzene rings is 2. The smallest absolute Gasteiger partial charge is 0.131 e. The zero-order valence-corrected chi connectivity index (χ0v) is 10.9. The van der Waals surface area contributed by atoms with Gasteiger partial charge in [-0.3, -0.25) is 0 Å². The van der Waals surface area contributed by atoms with Crippen LogP contribution in [0.4, 0.5) is 0 Å². The van der Waals surface area contributed by atoms with E-state index in [9.17, 15) is 4.57 Å². The third-order valence-corrected chi connectivity index (χ3v) is 4.38. The van der Waals surface area contributed by atoms with Crippen molar-refractivity contribution in [3.63, 3.8) is 0 Å². The van der Waals surface area contributed by atoms with Gasteiger partial charge in [-0.2, -0.15) is 0 Å². The summed E-state index contributed by atoms with van der Waals surface area (Å²) in [5, 5.41) is 1.76. The third kappa shape index (κ3) is 2.78. The highest BCUT2D eigenvalue weighted by Gasteiger charge is 2.06. The summed E-state index contributed by atoms with van der Waals surface area (Å²) < 4.78 is 17.4. The molecule has 0 aromatic heterocycles. The summed E-state index contributed by atoms with van der Waals surface area (Å²) in [6, 6.07) is 15.2. The van der Waals surface area contributed by atoms with Crippen LogP contribution in [0.5, 0.6) is 5.75 Å². The van der Waals surface area contributed by atoms with E-state index in [1.807, 2.05) is 55.5 Å². The van der Waals surface area contributed by atoms with E-state index in [2.05, 4.69) is 0 Å². The summed E-state index contributed by atoms with van der Waals surface area (Å²) in [6.45, 7) is 2.02. The Morgan fingerprint density at radius 3 is 1.82 bits per heavy atom. The molecule has 2 aromatic carbocycles. The van der Waals surface area contributed by atoms with Gasteiger partial charge < -0.3 is 9.30 Å². The van der Waals surface area contributed by atoms with Crippen LogP contribution in [0.1, 0.15) is 5.56 Å². The highest BCUT2D eigenvalue weighted by Crippen LogP contribution is 2.21. The van der Waals surface area contributed by atoms with E-state index < -0.39 is 7.80 Å². The Labute approximate surface area is 102 Å². The maximum atomic E-state index is 12.3. The Morgan fingerprint density at radius 1 is 0.882 bits per heavy atom. The maximum absolute atomic E-state index is 12.3. The van der Waals surface area contributed by atoms with Crippen molar-refractivity contribution in [2.24, 2.45) is 0 Å². The molecule has 2 nitrogen and oxygen atoms in total. The molecule has 0 fully saturated rings. The normalized spacial score (nSPS) is 12.1. The molecule has 0 aliphatic rings. The molecule has 0 saturated heterocycles. The summed E-state index contributed by atoms with van der Waals surface area (Å²) in [6.07, 6.45) is 0. The van der Waals surface area contributed by atoms with Crippen LogP contribution in [0, 0.1) is 6.92 Å². The summed E-state index contributed by atoms with van der Waals surface area (Å²) in [4.78, 5) is 0. The van der Waals surface area contributed by atoms with E-state index >= 15 is 0 Å². The van der Waals surface area contributed by atoms with Crippen LogP contribution in [0.3, 0.4) is 0 Å². The number of methoxy groups -OCH3 is 1. The first-order chi connectivity index (χ1) is 8.20. The van der Waals surface area contributed by atoms with Gasteiger partial charge >= 0.3 is 0 Å². The molecular formula is C14H15O2P. The van der Waals surface area contributed by atoms with Gasteiger partial charge in [0.2, 0.25) is 0 Å². The fourth-order valence-corrected chi connectivity index (χ4v) is 2.89. The minimum Gasteiger partial charge on any atom is -0.497 e. The van der Waals surface area contributed by atoms with Crippen molar-refractivity contribution < 1.29 is 9.30 Å². The van der Waals surface area contributed by atoms with Gasteiger partial charge in [0.1, 0.15) is 13.6 Å². The van der Waals surface area contributed by atoms with E-state index in [-0.39, 0.29) is 0 Å². The van der Waals surface area contributed by atoms with Crippen molar-refractivity contribution >= 4 is 18.4 Å². The molecule has 0 amide bonds. The lowest BCUT2D eigenvalue weighted by Gasteiger charge is -2.04. The van der Waals surface area contributed by atoms with Gasteiger partial charge in [0.15, 0.2) is 0 Å². The molecule has 1 atom stereocenters. The number of hydrogen-bond donors (Lipinski definition) is 0. The molecule has 0 aliphatic heterocycles. The summed E-state index contributed by atoms with van der Waals surface area (Å²) in [7, 11) is -0.268. The lowest BCUT2D eigenvalue weighted by Crippen LogP contribution is -2.06. The van der Waals surface area contributed by atoms with Crippen LogP contribution in [-0.2, 0) is 4.57 Å². The van der Waals surface area contributed by atoms with Crippen molar-refractivity contribution in [1.82, 2.24) is 0 Å². The van der Waals surface area contributed by atoms with Crippen LogP contribution in [0.2, 0.25) is 0 Å². The molecule has 0 aliphatic carbocycles. The zero-order chi connectivity index (χ0) is 12.3. The fraction of sp³-hybridized carbons (Fsp3) is 0.143. The predicted molar refractivity (Wildman–Crippen MR) is 72.4 cm³/mol. The topological polar surface area (TPSA) is 26.3 Å². The van der Waals surface area contributed by atoms with E-state index in [4.69, 9.17) is 4.74 Å². The molecule has 88 valence electrons. The molecule has 2 rings (SSSR count).